The van der Waals surface area contributed by atoms with Crippen molar-refractivity contribution in [3.63, 3.8) is 0 Å². The van der Waals surface area contributed by atoms with Crippen LogP contribution >= 0.6 is 80.7 Å². The van der Waals surface area contributed by atoms with Gasteiger partial charge in [-0.1, -0.05) is 88.0 Å². The average molecular weight is 1100 g/mol. The highest BCUT2D eigenvalue weighted by atomic mass is 35.5. The highest BCUT2D eigenvalue weighted by Crippen LogP contribution is 2.46. The second-order valence-electron chi connectivity index (χ2n) is 14.1. The van der Waals surface area contributed by atoms with E-state index < -0.39 is 24.4 Å². The van der Waals surface area contributed by atoms with E-state index in [1.165, 1.54) is 11.8 Å². The summed E-state index contributed by atoms with van der Waals surface area (Å²) in [6.07, 6.45) is 0. The first kappa shape index (κ1) is 50.9. The van der Waals surface area contributed by atoms with Crippen LogP contribution in [0.25, 0.3) is 20.4 Å². The SMILES string of the molecule is CCN(CC)c1ccc(N)c(Nc2nc(Nc3cc(N(CC)CC)ccc3N=Nc3snc4sc(S(=O)(=O)O)c(Cl)c34)nc(SCc3ccccc3)n2)c1.Nc1snc2sc(S(=O)(=O)O)c(Cl)c12. The molecule has 0 saturated heterocycles. The average Bonchev–Trinajstić information content (AvgIpc) is 4.07. The molecule has 5 heterocycles. The minimum absolute atomic E-state index is 0.0567. The molecule has 0 amide bonds. The lowest BCUT2D eigenvalue weighted by Gasteiger charge is -2.22. The Morgan fingerprint density at radius 3 is 1.79 bits per heavy atom. The lowest BCUT2D eigenvalue weighted by Crippen LogP contribution is -2.21. The molecule has 0 spiro atoms. The number of rotatable bonds is 17. The molecule has 0 radical (unpaired) electrons. The van der Waals surface area contributed by atoms with E-state index in [1.54, 1.807) is 0 Å². The number of benzene rings is 3. The molecule has 358 valence electrons. The van der Waals surface area contributed by atoms with Gasteiger partial charge in [-0.2, -0.15) is 40.5 Å². The quantitative estimate of drug-likeness (QED) is 0.0214. The number of thioether (sulfide) groups is 1. The van der Waals surface area contributed by atoms with Gasteiger partial charge in [-0.25, -0.2) is 0 Å². The fraction of sp³-hybridized carbons (Fsp3) is 0.225. The van der Waals surface area contributed by atoms with Gasteiger partial charge in [-0.15, -0.1) is 10.2 Å². The molecule has 0 unspecified atom stereocenters. The van der Waals surface area contributed by atoms with Gasteiger partial charge in [0.2, 0.25) is 11.9 Å². The van der Waals surface area contributed by atoms with Crippen LogP contribution in [0.5, 0.6) is 0 Å². The second kappa shape index (κ2) is 21.7. The first-order valence-corrected chi connectivity index (χ1v) is 28.0. The van der Waals surface area contributed by atoms with Crippen molar-refractivity contribution < 1.29 is 25.9 Å². The fourth-order valence-corrected chi connectivity index (χ4v) is 13.8. The summed E-state index contributed by atoms with van der Waals surface area (Å²) in [6, 6.07) is 21.6. The lowest BCUT2D eigenvalue weighted by atomic mass is 10.2. The normalized spacial score (nSPS) is 11.9. The van der Waals surface area contributed by atoms with E-state index in [0.29, 0.717) is 65.0 Å². The molecular formula is C40H41Cl2N13O6S7. The van der Waals surface area contributed by atoms with Crippen LogP contribution < -0.4 is 31.9 Å². The van der Waals surface area contributed by atoms with Crippen molar-refractivity contribution >= 4 is 177 Å². The number of thiophene rings is 2. The van der Waals surface area contributed by atoms with E-state index in [-0.39, 0.29) is 25.2 Å². The van der Waals surface area contributed by atoms with Gasteiger partial charge in [0, 0.05) is 43.3 Å². The third kappa shape index (κ3) is 11.7. The van der Waals surface area contributed by atoms with E-state index in [2.05, 4.69) is 67.1 Å². The third-order valence-corrected chi connectivity index (χ3v) is 18.4. The fourth-order valence-electron chi connectivity index (χ4n) is 6.48. The number of nitrogens with zero attached hydrogens (tertiary/aromatic N) is 9. The second-order valence-corrected chi connectivity index (χ2v) is 22.5. The first-order valence-electron chi connectivity index (χ1n) is 20.2. The molecular weight excluding hydrogens is 1050 g/mol. The zero-order chi connectivity index (χ0) is 48.9. The maximum absolute atomic E-state index is 11.9. The number of hydrogen-bond acceptors (Lipinski definition) is 22. The van der Waals surface area contributed by atoms with Crippen LogP contribution in [0, 0.1) is 0 Å². The summed E-state index contributed by atoms with van der Waals surface area (Å²) in [7, 11) is -8.82. The first-order chi connectivity index (χ1) is 32.4. The number of nitrogens with two attached hydrogens (primary N) is 2. The van der Waals surface area contributed by atoms with Crippen LogP contribution in [0.3, 0.4) is 0 Å². The van der Waals surface area contributed by atoms with E-state index in [4.69, 9.17) is 54.2 Å². The number of anilines is 8. The molecule has 3 aromatic carbocycles. The van der Waals surface area contributed by atoms with Gasteiger partial charge in [-0.05, 0) is 92.7 Å². The van der Waals surface area contributed by atoms with Gasteiger partial charge in [-0.3, -0.25) is 9.11 Å². The van der Waals surface area contributed by atoms with Crippen LogP contribution in [0.4, 0.5) is 56.0 Å². The van der Waals surface area contributed by atoms with Gasteiger partial charge in [0.1, 0.15) is 20.3 Å². The van der Waals surface area contributed by atoms with Gasteiger partial charge >= 0.3 is 20.2 Å². The Kier molecular flexibility index (Phi) is 16.3. The van der Waals surface area contributed by atoms with E-state index in [1.807, 2.05) is 66.7 Å². The zero-order valence-electron chi connectivity index (χ0n) is 36.2. The summed E-state index contributed by atoms with van der Waals surface area (Å²) >= 11 is 17.2. The number of nitrogens with one attached hydrogen (secondary N) is 2. The molecule has 0 aliphatic carbocycles. The number of hydrogen-bond donors (Lipinski definition) is 6. The predicted molar refractivity (Wildman–Crippen MR) is 280 cm³/mol. The van der Waals surface area contributed by atoms with E-state index in [9.17, 15) is 21.4 Å². The van der Waals surface area contributed by atoms with Crippen LogP contribution in [-0.4, -0.2) is 75.8 Å². The van der Waals surface area contributed by atoms with Gasteiger partial charge in [0.25, 0.3) is 0 Å². The molecule has 0 aliphatic heterocycles. The van der Waals surface area contributed by atoms with Crippen LogP contribution in [0.15, 0.2) is 90.5 Å². The molecule has 0 atom stereocenters. The Morgan fingerprint density at radius 1 is 0.691 bits per heavy atom. The lowest BCUT2D eigenvalue weighted by molar-refractivity contribution is 0.483. The molecule has 28 heteroatoms. The minimum Gasteiger partial charge on any atom is -0.397 e. The molecule has 68 heavy (non-hydrogen) atoms. The Bertz CT molecular complexity index is 3340. The molecule has 8 aromatic rings. The smallest absolute Gasteiger partial charge is 0.305 e. The van der Waals surface area contributed by atoms with Crippen molar-refractivity contribution in [3.8, 4) is 0 Å². The van der Waals surface area contributed by atoms with Crippen molar-refractivity contribution in [3.05, 3.63) is 82.3 Å². The summed E-state index contributed by atoms with van der Waals surface area (Å²) in [5, 5.41) is 17.3. The van der Waals surface area contributed by atoms with Crippen LogP contribution in [0.1, 0.15) is 33.3 Å². The summed E-state index contributed by atoms with van der Waals surface area (Å²) in [6.45, 7) is 11.6. The Labute approximate surface area is 421 Å². The number of nitrogen functional groups attached to an aromatic ring is 2. The molecule has 8 rings (SSSR count). The number of halogens is 2. The topological polar surface area (TPSA) is 280 Å². The van der Waals surface area contributed by atoms with Crippen molar-refractivity contribution in [2.75, 3.05) is 58.1 Å². The number of aromatic nitrogens is 5. The van der Waals surface area contributed by atoms with Crippen molar-refractivity contribution in [1.82, 2.24) is 23.7 Å². The number of azo groups is 1. The number of fused-ring (bicyclic) bond motifs is 2. The van der Waals surface area contributed by atoms with Gasteiger partial charge in [0.05, 0.1) is 37.9 Å². The van der Waals surface area contributed by atoms with Crippen molar-refractivity contribution in [2.24, 2.45) is 10.2 Å². The monoisotopic (exact) mass is 1090 g/mol. The highest BCUT2D eigenvalue weighted by molar-refractivity contribution is 7.98. The minimum atomic E-state index is -4.54. The Morgan fingerprint density at radius 2 is 1.22 bits per heavy atom. The molecule has 8 N–H and O–H groups in total. The molecule has 19 nitrogen and oxygen atoms in total. The standard InChI is InChI=1S/C35H38ClN11O3S4.C5H3ClN2O3S3/c1-5-46(6-2)22-14-16-24(37)26(18-22)38-33-40-34(42-35(41-33)51-20-21-12-10-9-11-13-21)39-27-19-23(47(7-3)8-4)15-17-25(27)43-44-30-28-29(36)32(54(48,49)50)52-31(28)45-53-30;6-2-1-3(7)13-8-4(1)12-5(2)14(9,10)11/h9-19H,5-8,20,37H2,1-4H3,(H,48,49,50)(H2,38,39,40,41,42);7H2,(H,9,10,11). The van der Waals surface area contributed by atoms with Gasteiger partial charge < -0.3 is 31.9 Å². The molecule has 0 saturated carbocycles. The Balaban J connectivity index is 0.000000416. The highest BCUT2D eigenvalue weighted by Gasteiger charge is 2.26. The molecule has 0 bridgehead atoms. The Hall–Kier alpha value is -5.00. The van der Waals surface area contributed by atoms with Crippen molar-refractivity contribution in [2.45, 2.75) is 47.0 Å². The molecule has 0 aliphatic rings. The maximum atomic E-state index is 11.9. The maximum Gasteiger partial charge on any atom is 0.305 e. The summed E-state index contributed by atoms with van der Waals surface area (Å²) in [4.78, 5) is 19.5. The van der Waals surface area contributed by atoms with Gasteiger partial charge in [0.15, 0.2) is 18.6 Å². The third-order valence-electron chi connectivity index (χ3n) is 9.82. The van der Waals surface area contributed by atoms with E-state index in [0.717, 1.165) is 88.9 Å². The predicted octanol–water partition coefficient (Wildman–Crippen LogP) is 11.8. The van der Waals surface area contributed by atoms with Crippen LogP contribution in [0.2, 0.25) is 10.0 Å². The summed E-state index contributed by atoms with van der Waals surface area (Å²) < 4.78 is 71.4. The van der Waals surface area contributed by atoms with Crippen LogP contribution in [-0.2, 0) is 26.0 Å². The van der Waals surface area contributed by atoms with E-state index >= 15 is 0 Å². The summed E-state index contributed by atoms with van der Waals surface area (Å²) in [5.41, 5.74) is 17.2. The summed E-state index contributed by atoms with van der Waals surface area (Å²) in [5.74, 6) is 1.19. The largest absolute Gasteiger partial charge is 0.397 e. The molecule has 0 fully saturated rings. The zero-order valence-corrected chi connectivity index (χ0v) is 43.4. The van der Waals surface area contributed by atoms with Crippen molar-refractivity contribution in [1.29, 1.82) is 0 Å². The molecule has 5 aromatic heterocycles.